The third-order valence-electron chi connectivity index (χ3n) is 4.36. The number of nitrogens with zero attached hydrogens (tertiary/aromatic N) is 1. The van der Waals surface area contributed by atoms with Crippen LogP contribution in [0.1, 0.15) is 32.3 Å². The molecule has 19 heavy (non-hydrogen) atoms. The standard InChI is InChI=1S/C16H25ClN2/c1-4-19-9-7-14(8-10-19)13(3)18-16-6-5-15(17)11-12(16)2/h5-6,11,13-14,18H,4,7-10H2,1-3H3. The van der Waals surface area contributed by atoms with Crippen molar-refractivity contribution in [1.82, 2.24) is 4.90 Å². The van der Waals surface area contributed by atoms with Crippen LogP contribution in [0.2, 0.25) is 5.02 Å². The first-order valence-electron chi connectivity index (χ1n) is 7.35. The molecule has 0 radical (unpaired) electrons. The highest BCUT2D eigenvalue weighted by Gasteiger charge is 2.23. The van der Waals surface area contributed by atoms with Crippen molar-refractivity contribution in [3.8, 4) is 0 Å². The van der Waals surface area contributed by atoms with Crippen LogP contribution in [-0.2, 0) is 0 Å². The van der Waals surface area contributed by atoms with E-state index in [0.717, 1.165) is 10.9 Å². The fourth-order valence-corrected chi connectivity index (χ4v) is 3.15. The molecule has 106 valence electrons. The van der Waals surface area contributed by atoms with E-state index in [2.05, 4.69) is 37.1 Å². The number of nitrogens with one attached hydrogen (secondary N) is 1. The molecule has 1 fully saturated rings. The van der Waals surface area contributed by atoms with Gasteiger partial charge in [0.05, 0.1) is 0 Å². The molecule has 1 N–H and O–H groups in total. The zero-order chi connectivity index (χ0) is 13.8. The number of piperidine rings is 1. The molecule has 2 nitrogen and oxygen atoms in total. The number of halogens is 1. The third-order valence-corrected chi connectivity index (χ3v) is 4.59. The van der Waals surface area contributed by atoms with Crippen LogP contribution in [0.5, 0.6) is 0 Å². The first kappa shape index (κ1) is 14.7. The van der Waals surface area contributed by atoms with Crippen LogP contribution in [-0.4, -0.2) is 30.6 Å². The Bertz CT molecular complexity index is 411. The molecule has 1 aliphatic heterocycles. The van der Waals surface area contributed by atoms with E-state index < -0.39 is 0 Å². The van der Waals surface area contributed by atoms with Gasteiger partial charge in [0.1, 0.15) is 0 Å². The summed E-state index contributed by atoms with van der Waals surface area (Å²) < 4.78 is 0. The molecule has 1 aromatic rings. The fraction of sp³-hybridized carbons (Fsp3) is 0.625. The summed E-state index contributed by atoms with van der Waals surface area (Å²) in [6, 6.07) is 6.61. The number of hydrogen-bond donors (Lipinski definition) is 1. The Labute approximate surface area is 122 Å². The molecule has 1 heterocycles. The van der Waals surface area contributed by atoms with Crippen LogP contribution in [0.3, 0.4) is 0 Å². The maximum absolute atomic E-state index is 6.00. The molecule has 0 amide bonds. The molecule has 1 unspecified atom stereocenters. The molecule has 0 spiro atoms. The molecule has 1 saturated heterocycles. The number of hydrogen-bond acceptors (Lipinski definition) is 2. The number of rotatable bonds is 4. The van der Waals surface area contributed by atoms with E-state index in [4.69, 9.17) is 11.6 Å². The number of benzene rings is 1. The highest BCUT2D eigenvalue weighted by molar-refractivity contribution is 6.30. The van der Waals surface area contributed by atoms with Crippen molar-refractivity contribution in [3.63, 3.8) is 0 Å². The highest BCUT2D eigenvalue weighted by Crippen LogP contribution is 2.25. The zero-order valence-electron chi connectivity index (χ0n) is 12.2. The monoisotopic (exact) mass is 280 g/mol. The summed E-state index contributed by atoms with van der Waals surface area (Å²) in [5.74, 6) is 0.776. The van der Waals surface area contributed by atoms with Gasteiger partial charge in [0.2, 0.25) is 0 Å². The summed E-state index contributed by atoms with van der Waals surface area (Å²) in [6.07, 6.45) is 2.60. The lowest BCUT2D eigenvalue weighted by Crippen LogP contribution is -2.39. The van der Waals surface area contributed by atoms with Crippen molar-refractivity contribution in [1.29, 1.82) is 0 Å². The molecule has 3 heteroatoms. The normalized spacial score (nSPS) is 19.4. The third kappa shape index (κ3) is 3.87. The van der Waals surface area contributed by atoms with Gasteiger partial charge in [0, 0.05) is 16.8 Å². The Morgan fingerprint density at radius 3 is 2.63 bits per heavy atom. The van der Waals surface area contributed by atoms with Gasteiger partial charge in [-0.1, -0.05) is 18.5 Å². The largest absolute Gasteiger partial charge is 0.382 e. The molecule has 1 aromatic carbocycles. The van der Waals surface area contributed by atoms with E-state index in [-0.39, 0.29) is 0 Å². The van der Waals surface area contributed by atoms with Gasteiger partial charge in [-0.05, 0) is 76.0 Å². The number of aryl methyl sites for hydroxylation is 1. The van der Waals surface area contributed by atoms with E-state index >= 15 is 0 Å². The van der Waals surface area contributed by atoms with Gasteiger partial charge in [0.15, 0.2) is 0 Å². The lowest BCUT2D eigenvalue weighted by Gasteiger charge is -2.35. The van der Waals surface area contributed by atoms with Crippen LogP contribution in [0.25, 0.3) is 0 Å². The minimum absolute atomic E-state index is 0.527. The quantitative estimate of drug-likeness (QED) is 0.890. The first-order valence-corrected chi connectivity index (χ1v) is 7.73. The van der Waals surface area contributed by atoms with Crippen LogP contribution < -0.4 is 5.32 Å². The Kier molecular flexibility index (Phi) is 5.12. The van der Waals surface area contributed by atoms with Crippen molar-refractivity contribution in [2.75, 3.05) is 25.0 Å². The average molecular weight is 281 g/mol. The second kappa shape index (κ2) is 6.62. The first-order chi connectivity index (χ1) is 9.10. The average Bonchev–Trinajstić information content (AvgIpc) is 2.42. The molecule has 0 aromatic heterocycles. The molecule has 1 aliphatic rings. The molecular weight excluding hydrogens is 256 g/mol. The minimum atomic E-state index is 0.527. The van der Waals surface area contributed by atoms with Gasteiger partial charge in [-0.3, -0.25) is 0 Å². The second-order valence-electron chi connectivity index (χ2n) is 5.66. The molecular formula is C16H25ClN2. The lowest BCUT2D eigenvalue weighted by atomic mass is 9.90. The van der Waals surface area contributed by atoms with Gasteiger partial charge < -0.3 is 10.2 Å². The van der Waals surface area contributed by atoms with Gasteiger partial charge in [-0.25, -0.2) is 0 Å². The van der Waals surface area contributed by atoms with Crippen LogP contribution >= 0.6 is 11.6 Å². The van der Waals surface area contributed by atoms with Crippen LogP contribution in [0.4, 0.5) is 5.69 Å². The fourth-order valence-electron chi connectivity index (χ4n) is 2.92. The summed E-state index contributed by atoms with van der Waals surface area (Å²) in [4.78, 5) is 2.54. The van der Waals surface area contributed by atoms with Crippen molar-refractivity contribution in [3.05, 3.63) is 28.8 Å². The summed E-state index contributed by atoms with van der Waals surface area (Å²) in [5, 5.41) is 4.47. The van der Waals surface area contributed by atoms with Gasteiger partial charge in [-0.15, -0.1) is 0 Å². The van der Waals surface area contributed by atoms with E-state index in [1.165, 1.54) is 43.7 Å². The molecule has 0 aliphatic carbocycles. The Hall–Kier alpha value is -0.730. The summed E-state index contributed by atoms with van der Waals surface area (Å²) in [6.45, 7) is 10.3. The molecule has 1 atom stereocenters. The SMILES string of the molecule is CCN1CCC(C(C)Nc2ccc(Cl)cc2C)CC1. The summed E-state index contributed by atoms with van der Waals surface area (Å²) in [7, 11) is 0. The maximum Gasteiger partial charge on any atom is 0.0410 e. The maximum atomic E-state index is 6.00. The second-order valence-corrected chi connectivity index (χ2v) is 6.10. The zero-order valence-corrected chi connectivity index (χ0v) is 13.0. The van der Waals surface area contributed by atoms with Crippen molar-refractivity contribution < 1.29 is 0 Å². The predicted octanol–water partition coefficient (Wildman–Crippen LogP) is 4.18. The van der Waals surface area contributed by atoms with Crippen molar-refractivity contribution in [2.45, 2.75) is 39.7 Å². The number of anilines is 1. The van der Waals surface area contributed by atoms with Gasteiger partial charge >= 0.3 is 0 Å². The highest BCUT2D eigenvalue weighted by atomic mass is 35.5. The van der Waals surface area contributed by atoms with Gasteiger partial charge in [-0.2, -0.15) is 0 Å². The van der Waals surface area contributed by atoms with Gasteiger partial charge in [0.25, 0.3) is 0 Å². The van der Waals surface area contributed by atoms with E-state index in [1.807, 2.05) is 12.1 Å². The Morgan fingerprint density at radius 2 is 2.05 bits per heavy atom. The smallest absolute Gasteiger partial charge is 0.0410 e. The Morgan fingerprint density at radius 1 is 1.37 bits per heavy atom. The number of likely N-dealkylation sites (tertiary alicyclic amines) is 1. The summed E-state index contributed by atoms with van der Waals surface area (Å²) >= 11 is 6.00. The molecule has 2 rings (SSSR count). The Balaban J connectivity index is 1.92. The van der Waals surface area contributed by atoms with Crippen molar-refractivity contribution in [2.24, 2.45) is 5.92 Å². The van der Waals surface area contributed by atoms with E-state index in [0.29, 0.717) is 6.04 Å². The van der Waals surface area contributed by atoms with Crippen LogP contribution in [0, 0.1) is 12.8 Å². The topological polar surface area (TPSA) is 15.3 Å². The summed E-state index contributed by atoms with van der Waals surface area (Å²) in [5.41, 5.74) is 2.44. The predicted molar refractivity (Wildman–Crippen MR) is 84.1 cm³/mol. The van der Waals surface area contributed by atoms with Crippen LogP contribution in [0.15, 0.2) is 18.2 Å². The van der Waals surface area contributed by atoms with E-state index in [9.17, 15) is 0 Å². The molecule has 0 bridgehead atoms. The lowest BCUT2D eigenvalue weighted by molar-refractivity contribution is 0.183. The van der Waals surface area contributed by atoms with Crippen molar-refractivity contribution >= 4 is 17.3 Å². The minimum Gasteiger partial charge on any atom is -0.382 e. The van der Waals surface area contributed by atoms with E-state index in [1.54, 1.807) is 0 Å². The molecule has 0 saturated carbocycles.